The minimum Gasteiger partial charge on any atom is -0.494 e. The van der Waals surface area contributed by atoms with Crippen LogP contribution >= 0.6 is 11.8 Å². The molecule has 134 valence electrons. The molecule has 1 aliphatic rings. The molecule has 1 aromatic heterocycles. The quantitative estimate of drug-likeness (QED) is 0.768. The molecule has 6 nitrogen and oxygen atoms in total. The van der Waals surface area contributed by atoms with Crippen LogP contribution in [0.1, 0.15) is 25.0 Å². The zero-order chi connectivity index (χ0) is 17.8. The lowest BCUT2D eigenvalue weighted by Gasteiger charge is -2.13. The molecule has 1 unspecified atom stereocenters. The fourth-order valence-electron chi connectivity index (χ4n) is 2.78. The number of ether oxygens (including phenoxy) is 2. The van der Waals surface area contributed by atoms with Crippen LogP contribution in [-0.4, -0.2) is 33.9 Å². The summed E-state index contributed by atoms with van der Waals surface area (Å²) < 4.78 is 13.4. The molecule has 1 aliphatic heterocycles. The van der Waals surface area contributed by atoms with Crippen LogP contribution in [-0.2, 0) is 24.8 Å². The maximum atomic E-state index is 12.1. The molecule has 0 aliphatic carbocycles. The number of hydrogen-bond donors (Lipinski definition) is 1. The van der Waals surface area contributed by atoms with Crippen LogP contribution in [0.2, 0.25) is 0 Å². The van der Waals surface area contributed by atoms with Crippen molar-refractivity contribution in [2.24, 2.45) is 7.05 Å². The number of carbonyl (C=O) groups excluding carboxylic acids is 1. The monoisotopic (exact) mass is 361 g/mol. The first kappa shape index (κ1) is 17.7. The van der Waals surface area contributed by atoms with E-state index in [4.69, 9.17) is 9.47 Å². The van der Waals surface area contributed by atoms with Crippen molar-refractivity contribution in [1.82, 2.24) is 14.9 Å². The van der Waals surface area contributed by atoms with E-state index >= 15 is 0 Å². The van der Waals surface area contributed by atoms with Crippen LogP contribution < -0.4 is 14.8 Å². The molecule has 0 fully saturated rings. The SMILES string of the molecule is CCOc1cc2c(cc1CNC(=O)CSc1nccn1C)OC(C)C2. The van der Waals surface area contributed by atoms with Gasteiger partial charge >= 0.3 is 0 Å². The molecule has 7 heteroatoms. The Bertz CT molecular complexity index is 760. The maximum absolute atomic E-state index is 12.1. The highest BCUT2D eigenvalue weighted by molar-refractivity contribution is 7.99. The van der Waals surface area contributed by atoms with Crippen molar-refractivity contribution in [3.8, 4) is 11.5 Å². The first-order valence-electron chi connectivity index (χ1n) is 8.39. The second-order valence-electron chi connectivity index (χ2n) is 6.02. The van der Waals surface area contributed by atoms with E-state index in [0.717, 1.165) is 34.2 Å². The number of thioether (sulfide) groups is 1. The summed E-state index contributed by atoms with van der Waals surface area (Å²) in [5.41, 5.74) is 2.10. The summed E-state index contributed by atoms with van der Waals surface area (Å²) in [6, 6.07) is 4.02. The number of fused-ring (bicyclic) bond motifs is 1. The zero-order valence-corrected chi connectivity index (χ0v) is 15.6. The molecule has 0 radical (unpaired) electrons. The van der Waals surface area contributed by atoms with Gasteiger partial charge in [-0.2, -0.15) is 0 Å². The molecular formula is C18H23N3O3S. The number of benzene rings is 1. The fourth-order valence-corrected chi connectivity index (χ4v) is 3.54. The van der Waals surface area contributed by atoms with Crippen LogP contribution in [0, 0.1) is 0 Å². The molecule has 1 N–H and O–H groups in total. The summed E-state index contributed by atoms with van der Waals surface area (Å²) in [4.78, 5) is 16.3. The summed E-state index contributed by atoms with van der Waals surface area (Å²) >= 11 is 1.42. The van der Waals surface area contributed by atoms with E-state index < -0.39 is 0 Å². The predicted molar refractivity (Wildman–Crippen MR) is 97.2 cm³/mol. The van der Waals surface area contributed by atoms with Crippen LogP contribution in [0.25, 0.3) is 0 Å². The van der Waals surface area contributed by atoms with E-state index in [1.54, 1.807) is 6.20 Å². The van der Waals surface area contributed by atoms with Crippen LogP contribution in [0.3, 0.4) is 0 Å². The van der Waals surface area contributed by atoms with Gasteiger partial charge in [0, 0.05) is 43.5 Å². The number of imidazole rings is 1. The number of carbonyl (C=O) groups is 1. The molecule has 1 amide bonds. The van der Waals surface area contributed by atoms with Gasteiger partial charge in [-0.1, -0.05) is 11.8 Å². The summed E-state index contributed by atoms with van der Waals surface area (Å²) in [6.07, 6.45) is 4.66. The molecule has 2 aromatic rings. The van der Waals surface area contributed by atoms with Gasteiger partial charge in [-0.15, -0.1) is 0 Å². The molecule has 2 heterocycles. The Balaban J connectivity index is 1.61. The van der Waals surface area contributed by atoms with Crippen molar-refractivity contribution in [3.05, 3.63) is 35.7 Å². The molecule has 1 atom stereocenters. The van der Waals surface area contributed by atoms with Crippen molar-refractivity contribution in [2.45, 2.75) is 38.1 Å². The smallest absolute Gasteiger partial charge is 0.230 e. The van der Waals surface area contributed by atoms with Crippen molar-refractivity contribution in [3.63, 3.8) is 0 Å². The fraction of sp³-hybridized carbons (Fsp3) is 0.444. The highest BCUT2D eigenvalue weighted by Gasteiger charge is 2.22. The third-order valence-corrected chi connectivity index (χ3v) is 5.02. The van der Waals surface area contributed by atoms with E-state index in [1.165, 1.54) is 11.8 Å². The highest BCUT2D eigenvalue weighted by Crippen LogP contribution is 2.35. The Labute approximate surface area is 151 Å². The molecule has 1 aromatic carbocycles. The number of hydrogen-bond acceptors (Lipinski definition) is 5. The molecular weight excluding hydrogens is 338 g/mol. The van der Waals surface area contributed by atoms with Gasteiger partial charge in [0.05, 0.1) is 12.4 Å². The standard InChI is InChI=1S/C18H23N3O3S/c1-4-23-15-8-13-7-12(2)24-16(13)9-14(15)10-20-17(22)11-25-18-19-5-6-21(18)3/h5-6,8-9,12H,4,7,10-11H2,1-3H3,(H,20,22). The minimum atomic E-state index is -0.0368. The normalized spacial score (nSPS) is 15.6. The number of nitrogens with one attached hydrogen (secondary N) is 1. The number of nitrogens with zero attached hydrogens (tertiary/aromatic N) is 2. The third kappa shape index (κ3) is 4.28. The molecule has 3 rings (SSSR count). The van der Waals surface area contributed by atoms with Gasteiger partial charge in [0.1, 0.15) is 17.6 Å². The van der Waals surface area contributed by atoms with Gasteiger partial charge in [-0.3, -0.25) is 4.79 Å². The largest absolute Gasteiger partial charge is 0.494 e. The average Bonchev–Trinajstić information content (AvgIpc) is 3.15. The van der Waals surface area contributed by atoms with Crippen molar-refractivity contribution < 1.29 is 14.3 Å². The summed E-state index contributed by atoms with van der Waals surface area (Å²) in [5, 5.41) is 3.77. The summed E-state index contributed by atoms with van der Waals surface area (Å²) in [5.74, 6) is 2.00. The molecule has 0 saturated heterocycles. The lowest BCUT2D eigenvalue weighted by molar-refractivity contribution is -0.118. The lowest BCUT2D eigenvalue weighted by atomic mass is 10.1. The number of aryl methyl sites for hydroxylation is 1. The second-order valence-corrected chi connectivity index (χ2v) is 6.96. The Morgan fingerprint density at radius 3 is 3.08 bits per heavy atom. The molecule has 0 bridgehead atoms. The van der Waals surface area contributed by atoms with E-state index in [0.29, 0.717) is 18.9 Å². The van der Waals surface area contributed by atoms with Gasteiger partial charge in [-0.25, -0.2) is 4.98 Å². The van der Waals surface area contributed by atoms with Crippen molar-refractivity contribution in [2.75, 3.05) is 12.4 Å². The number of aromatic nitrogens is 2. The summed E-state index contributed by atoms with van der Waals surface area (Å²) in [7, 11) is 1.91. The first-order chi connectivity index (χ1) is 12.1. The van der Waals surface area contributed by atoms with Gasteiger partial charge in [0.15, 0.2) is 5.16 Å². The number of rotatable bonds is 7. The molecule has 25 heavy (non-hydrogen) atoms. The Morgan fingerprint density at radius 2 is 2.36 bits per heavy atom. The van der Waals surface area contributed by atoms with Gasteiger partial charge < -0.3 is 19.4 Å². The Kier molecular flexibility index (Phi) is 5.53. The van der Waals surface area contributed by atoms with Crippen LogP contribution in [0.5, 0.6) is 11.5 Å². The van der Waals surface area contributed by atoms with Gasteiger partial charge in [0.25, 0.3) is 0 Å². The van der Waals surface area contributed by atoms with E-state index in [9.17, 15) is 4.79 Å². The lowest BCUT2D eigenvalue weighted by Crippen LogP contribution is -2.25. The zero-order valence-electron chi connectivity index (χ0n) is 14.7. The Hall–Kier alpha value is -2.15. The number of amides is 1. The van der Waals surface area contributed by atoms with Gasteiger partial charge in [0.2, 0.25) is 5.91 Å². The molecule has 0 saturated carbocycles. The van der Waals surface area contributed by atoms with Crippen molar-refractivity contribution >= 4 is 17.7 Å². The van der Waals surface area contributed by atoms with Crippen LogP contribution in [0.15, 0.2) is 29.7 Å². The Morgan fingerprint density at radius 1 is 1.52 bits per heavy atom. The first-order valence-corrected chi connectivity index (χ1v) is 9.37. The highest BCUT2D eigenvalue weighted by atomic mass is 32.2. The van der Waals surface area contributed by atoms with Crippen molar-refractivity contribution in [1.29, 1.82) is 0 Å². The summed E-state index contributed by atoms with van der Waals surface area (Å²) in [6.45, 7) is 5.01. The topological polar surface area (TPSA) is 65.4 Å². The third-order valence-electron chi connectivity index (χ3n) is 3.96. The maximum Gasteiger partial charge on any atom is 0.230 e. The van der Waals surface area contributed by atoms with Gasteiger partial charge in [-0.05, 0) is 26.0 Å². The van der Waals surface area contributed by atoms with E-state index in [1.807, 2.05) is 36.9 Å². The second kappa shape index (κ2) is 7.82. The average molecular weight is 361 g/mol. The van der Waals surface area contributed by atoms with E-state index in [-0.39, 0.29) is 12.0 Å². The predicted octanol–water partition coefficient (Wildman–Crippen LogP) is 2.55. The molecule has 0 spiro atoms. The minimum absolute atomic E-state index is 0.0368. The van der Waals surface area contributed by atoms with Crippen LogP contribution in [0.4, 0.5) is 0 Å². The van der Waals surface area contributed by atoms with E-state index in [2.05, 4.69) is 17.2 Å².